The number of fused-ring (bicyclic) bond motifs is 1. The topological polar surface area (TPSA) is 54.9 Å². The predicted octanol–water partition coefficient (Wildman–Crippen LogP) is 5.70. The summed E-state index contributed by atoms with van der Waals surface area (Å²) in [5.41, 5.74) is 1.33. The van der Waals surface area contributed by atoms with Crippen LogP contribution in [0.3, 0.4) is 0 Å². The Hall–Kier alpha value is -3.42. The number of hydrogen-bond acceptors (Lipinski definition) is 6. The molecule has 33 heavy (non-hydrogen) atoms. The first-order chi connectivity index (χ1) is 16.0. The number of nitrogens with zero attached hydrogens (tertiary/aromatic N) is 3. The molecule has 1 heterocycles. The molecule has 0 saturated heterocycles. The Morgan fingerprint density at radius 2 is 1.70 bits per heavy atom. The molecule has 0 fully saturated rings. The Morgan fingerprint density at radius 1 is 0.939 bits per heavy atom. The third-order valence-electron chi connectivity index (χ3n) is 4.98. The van der Waals surface area contributed by atoms with Crippen LogP contribution in [-0.4, -0.2) is 49.6 Å². The molecule has 0 aliphatic heterocycles. The highest BCUT2D eigenvalue weighted by molar-refractivity contribution is 7.22. The first-order valence-electron chi connectivity index (χ1n) is 10.9. The summed E-state index contributed by atoms with van der Waals surface area (Å²) >= 11 is 1.49. The van der Waals surface area contributed by atoms with Gasteiger partial charge in [0.1, 0.15) is 22.8 Å². The van der Waals surface area contributed by atoms with Gasteiger partial charge in [-0.25, -0.2) is 4.98 Å². The summed E-state index contributed by atoms with van der Waals surface area (Å²) in [5.74, 6) is 1.95. The van der Waals surface area contributed by atoms with Crippen LogP contribution in [0.25, 0.3) is 10.2 Å². The van der Waals surface area contributed by atoms with E-state index in [4.69, 9.17) is 14.5 Å². The molecular formula is C26H27N3O3S. The number of benzene rings is 3. The van der Waals surface area contributed by atoms with Crippen molar-refractivity contribution in [1.82, 2.24) is 9.88 Å². The smallest absolute Gasteiger partial charge is 0.260 e. The molecule has 1 aromatic heterocycles. The van der Waals surface area contributed by atoms with Crippen molar-refractivity contribution in [3.8, 4) is 17.2 Å². The summed E-state index contributed by atoms with van der Waals surface area (Å²) in [6, 6.07) is 22.7. The molecule has 0 unspecified atom stereocenters. The lowest BCUT2D eigenvalue weighted by Crippen LogP contribution is -2.36. The van der Waals surface area contributed by atoms with E-state index in [1.54, 1.807) is 11.0 Å². The molecule has 0 radical (unpaired) electrons. The third kappa shape index (κ3) is 5.50. The van der Waals surface area contributed by atoms with Gasteiger partial charge in [0, 0.05) is 18.7 Å². The van der Waals surface area contributed by atoms with E-state index in [1.807, 2.05) is 92.6 Å². The van der Waals surface area contributed by atoms with Gasteiger partial charge in [-0.1, -0.05) is 41.7 Å². The quantitative estimate of drug-likeness (QED) is 0.320. The van der Waals surface area contributed by atoms with Gasteiger partial charge in [-0.3, -0.25) is 9.69 Å². The van der Waals surface area contributed by atoms with E-state index in [-0.39, 0.29) is 5.91 Å². The number of thiazole rings is 1. The van der Waals surface area contributed by atoms with Gasteiger partial charge in [-0.2, -0.15) is 0 Å². The van der Waals surface area contributed by atoms with Crippen molar-refractivity contribution in [1.29, 1.82) is 0 Å². The van der Waals surface area contributed by atoms with Crippen molar-refractivity contribution < 1.29 is 14.3 Å². The number of aromatic nitrogens is 1. The molecule has 0 atom stereocenters. The number of ether oxygens (including phenoxy) is 2. The van der Waals surface area contributed by atoms with E-state index in [1.165, 1.54) is 11.3 Å². The van der Waals surface area contributed by atoms with E-state index in [0.717, 1.165) is 21.7 Å². The normalized spacial score (nSPS) is 11.0. The van der Waals surface area contributed by atoms with Gasteiger partial charge < -0.3 is 14.4 Å². The highest BCUT2D eigenvalue weighted by Gasteiger charge is 2.23. The fourth-order valence-electron chi connectivity index (χ4n) is 3.36. The highest BCUT2D eigenvalue weighted by Crippen LogP contribution is 2.35. The van der Waals surface area contributed by atoms with E-state index in [2.05, 4.69) is 0 Å². The van der Waals surface area contributed by atoms with Crippen LogP contribution in [0.2, 0.25) is 0 Å². The third-order valence-corrected chi connectivity index (χ3v) is 6.02. The maximum atomic E-state index is 13.6. The summed E-state index contributed by atoms with van der Waals surface area (Å²) in [5, 5.41) is 0.651. The van der Waals surface area contributed by atoms with Gasteiger partial charge >= 0.3 is 0 Å². The molecule has 0 spiro atoms. The van der Waals surface area contributed by atoms with Crippen molar-refractivity contribution in [2.75, 3.05) is 38.7 Å². The second-order valence-corrected chi connectivity index (χ2v) is 8.74. The fraction of sp³-hybridized carbons (Fsp3) is 0.231. The summed E-state index contributed by atoms with van der Waals surface area (Å²) in [4.78, 5) is 22.2. The molecule has 0 aliphatic carbocycles. The number of carbonyl (C=O) groups excluding carboxylic acids is 1. The number of anilines is 1. The number of rotatable bonds is 9. The molecule has 0 N–H and O–H groups in total. The maximum Gasteiger partial charge on any atom is 0.260 e. The van der Waals surface area contributed by atoms with Crippen LogP contribution in [0, 0.1) is 0 Å². The van der Waals surface area contributed by atoms with Crippen LogP contribution in [0.1, 0.15) is 17.3 Å². The first-order valence-corrected chi connectivity index (χ1v) is 11.7. The van der Waals surface area contributed by atoms with Gasteiger partial charge in [0.25, 0.3) is 5.91 Å². The minimum Gasteiger partial charge on any atom is -0.492 e. The predicted molar refractivity (Wildman–Crippen MR) is 134 cm³/mol. The number of likely N-dealkylation sites (N-methyl/N-ethyl adjacent to an activating group) is 1. The number of carbonyl (C=O) groups is 1. The van der Waals surface area contributed by atoms with Gasteiger partial charge in [-0.15, -0.1) is 0 Å². The minimum atomic E-state index is -0.118. The molecule has 7 heteroatoms. The van der Waals surface area contributed by atoms with Gasteiger partial charge in [-0.05, 0) is 63.5 Å². The molecule has 1 amide bonds. The molecule has 0 saturated carbocycles. The maximum absolute atomic E-state index is 13.6. The van der Waals surface area contributed by atoms with E-state index in [0.29, 0.717) is 36.1 Å². The SMILES string of the molecule is CCOc1cccc2sc(N(CCN(C)C)C(=O)c3cccc(Oc4ccccc4)c3)nc12. The summed E-state index contributed by atoms with van der Waals surface area (Å²) in [6.07, 6.45) is 0. The van der Waals surface area contributed by atoms with Crippen molar-refractivity contribution in [2.45, 2.75) is 6.92 Å². The zero-order chi connectivity index (χ0) is 23.2. The Bertz CT molecular complexity index is 1220. The summed E-state index contributed by atoms with van der Waals surface area (Å²) < 4.78 is 12.7. The summed E-state index contributed by atoms with van der Waals surface area (Å²) in [7, 11) is 3.98. The monoisotopic (exact) mass is 461 g/mol. The van der Waals surface area contributed by atoms with Crippen molar-refractivity contribution in [3.05, 3.63) is 78.4 Å². The molecular weight excluding hydrogens is 434 g/mol. The number of para-hydroxylation sites is 2. The Labute approximate surface area is 198 Å². The standard InChI is InChI=1S/C26H27N3O3S/c1-4-31-22-14-9-15-23-24(22)27-26(33-23)29(17-16-28(2)3)25(30)19-10-8-13-21(18-19)32-20-11-6-5-7-12-20/h5-15,18H,4,16-17H2,1-3H3. The largest absolute Gasteiger partial charge is 0.492 e. The number of amides is 1. The first kappa shape index (κ1) is 22.8. The lowest BCUT2D eigenvalue weighted by molar-refractivity contribution is 0.0985. The molecule has 6 nitrogen and oxygen atoms in total. The minimum absolute atomic E-state index is 0.118. The number of hydrogen-bond donors (Lipinski definition) is 0. The average Bonchev–Trinajstić information content (AvgIpc) is 3.25. The molecule has 0 bridgehead atoms. The van der Waals surface area contributed by atoms with Gasteiger partial charge in [0.15, 0.2) is 5.13 Å². The fourth-order valence-corrected chi connectivity index (χ4v) is 4.36. The molecule has 0 aliphatic rings. The second kappa shape index (κ2) is 10.5. The molecule has 4 aromatic rings. The van der Waals surface area contributed by atoms with E-state index < -0.39 is 0 Å². The zero-order valence-electron chi connectivity index (χ0n) is 19.0. The highest BCUT2D eigenvalue weighted by atomic mass is 32.1. The van der Waals surface area contributed by atoms with Crippen molar-refractivity contribution >= 4 is 32.6 Å². The van der Waals surface area contributed by atoms with Crippen LogP contribution < -0.4 is 14.4 Å². The van der Waals surface area contributed by atoms with Gasteiger partial charge in [0.05, 0.1) is 11.3 Å². The molecule has 4 rings (SSSR count). The Balaban J connectivity index is 1.66. The molecule has 170 valence electrons. The van der Waals surface area contributed by atoms with Crippen molar-refractivity contribution in [3.63, 3.8) is 0 Å². The van der Waals surface area contributed by atoms with E-state index in [9.17, 15) is 4.79 Å². The van der Waals surface area contributed by atoms with Crippen LogP contribution in [0.4, 0.5) is 5.13 Å². The average molecular weight is 462 g/mol. The van der Waals surface area contributed by atoms with Crippen LogP contribution >= 0.6 is 11.3 Å². The van der Waals surface area contributed by atoms with E-state index >= 15 is 0 Å². The second-order valence-electron chi connectivity index (χ2n) is 7.74. The molecule has 3 aromatic carbocycles. The summed E-state index contributed by atoms with van der Waals surface area (Å²) in [6.45, 7) is 3.73. The van der Waals surface area contributed by atoms with Crippen molar-refractivity contribution in [2.24, 2.45) is 0 Å². The Morgan fingerprint density at radius 3 is 2.45 bits per heavy atom. The lowest BCUT2D eigenvalue weighted by atomic mass is 10.2. The van der Waals surface area contributed by atoms with Crippen LogP contribution in [0.5, 0.6) is 17.2 Å². The van der Waals surface area contributed by atoms with Crippen LogP contribution in [-0.2, 0) is 0 Å². The zero-order valence-corrected chi connectivity index (χ0v) is 19.8. The Kier molecular flexibility index (Phi) is 7.22. The lowest BCUT2D eigenvalue weighted by Gasteiger charge is -2.22. The van der Waals surface area contributed by atoms with Crippen LogP contribution in [0.15, 0.2) is 72.8 Å². The van der Waals surface area contributed by atoms with Gasteiger partial charge in [0.2, 0.25) is 0 Å².